The SMILES string of the molecule is CN=C(NCCCC(C)(C)C)N1CCN(c2cnn(C)c2)C(=O)C1. The first-order valence-corrected chi connectivity index (χ1v) is 8.55. The lowest BCUT2D eigenvalue weighted by atomic mass is 9.91. The summed E-state index contributed by atoms with van der Waals surface area (Å²) in [5.74, 6) is 0.884. The lowest BCUT2D eigenvalue weighted by Crippen LogP contribution is -2.55. The first-order valence-electron chi connectivity index (χ1n) is 8.55. The van der Waals surface area contributed by atoms with Gasteiger partial charge in [0, 0.05) is 39.9 Å². The number of rotatable bonds is 4. The van der Waals surface area contributed by atoms with E-state index in [1.165, 1.54) is 0 Å². The van der Waals surface area contributed by atoms with Gasteiger partial charge in [-0.05, 0) is 18.3 Å². The topological polar surface area (TPSA) is 65.8 Å². The van der Waals surface area contributed by atoms with E-state index in [0.29, 0.717) is 18.5 Å². The zero-order valence-electron chi connectivity index (χ0n) is 15.5. The van der Waals surface area contributed by atoms with Crippen LogP contribution in [0.25, 0.3) is 0 Å². The minimum Gasteiger partial charge on any atom is -0.356 e. The molecule has 0 bridgehead atoms. The van der Waals surface area contributed by atoms with Crippen LogP contribution in [0.15, 0.2) is 17.4 Å². The minimum absolute atomic E-state index is 0.0758. The molecule has 0 unspecified atom stereocenters. The molecule has 1 N–H and O–H groups in total. The summed E-state index contributed by atoms with van der Waals surface area (Å²) in [6.45, 7) is 9.37. The largest absolute Gasteiger partial charge is 0.356 e. The van der Waals surface area contributed by atoms with Gasteiger partial charge in [-0.25, -0.2) is 0 Å². The number of carbonyl (C=O) groups is 1. The summed E-state index contributed by atoms with van der Waals surface area (Å²) in [6, 6.07) is 0. The molecule has 1 saturated heterocycles. The maximum Gasteiger partial charge on any atom is 0.246 e. The summed E-state index contributed by atoms with van der Waals surface area (Å²) in [7, 11) is 3.62. The summed E-state index contributed by atoms with van der Waals surface area (Å²) in [6.07, 6.45) is 5.84. The Hall–Kier alpha value is -2.05. The number of aromatic nitrogens is 2. The average molecular weight is 334 g/mol. The molecule has 24 heavy (non-hydrogen) atoms. The van der Waals surface area contributed by atoms with E-state index in [2.05, 4.69) is 36.2 Å². The van der Waals surface area contributed by atoms with Gasteiger partial charge in [0.2, 0.25) is 5.91 Å². The third-order valence-electron chi connectivity index (χ3n) is 4.12. The second kappa shape index (κ2) is 7.68. The fraction of sp³-hybridized carbons (Fsp3) is 0.706. The van der Waals surface area contributed by atoms with Crippen LogP contribution in [0, 0.1) is 5.41 Å². The Morgan fingerprint density at radius 3 is 2.67 bits per heavy atom. The number of amides is 1. The molecule has 1 aliphatic rings. The fourth-order valence-electron chi connectivity index (χ4n) is 2.83. The second-order valence-corrected chi connectivity index (χ2v) is 7.48. The van der Waals surface area contributed by atoms with Crippen molar-refractivity contribution in [2.45, 2.75) is 33.6 Å². The molecule has 0 aliphatic carbocycles. The Kier molecular flexibility index (Phi) is 5.85. The van der Waals surface area contributed by atoms with Gasteiger partial charge in [-0.1, -0.05) is 20.8 Å². The maximum atomic E-state index is 12.5. The van der Waals surface area contributed by atoms with Crippen molar-refractivity contribution in [2.75, 3.05) is 38.1 Å². The molecule has 7 heteroatoms. The molecule has 2 heterocycles. The Labute approximate surface area is 144 Å². The smallest absolute Gasteiger partial charge is 0.246 e. The van der Waals surface area contributed by atoms with E-state index in [1.54, 1.807) is 22.8 Å². The molecule has 1 amide bonds. The zero-order valence-corrected chi connectivity index (χ0v) is 15.5. The van der Waals surface area contributed by atoms with Crippen LogP contribution in [0.2, 0.25) is 0 Å². The number of nitrogens with zero attached hydrogens (tertiary/aromatic N) is 5. The highest BCUT2D eigenvalue weighted by Gasteiger charge is 2.27. The van der Waals surface area contributed by atoms with E-state index in [9.17, 15) is 4.79 Å². The second-order valence-electron chi connectivity index (χ2n) is 7.48. The average Bonchev–Trinajstić information content (AvgIpc) is 2.92. The van der Waals surface area contributed by atoms with E-state index in [1.807, 2.05) is 18.1 Å². The van der Waals surface area contributed by atoms with Crippen molar-refractivity contribution >= 4 is 17.6 Å². The Morgan fingerprint density at radius 1 is 1.38 bits per heavy atom. The van der Waals surface area contributed by atoms with Gasteiger partial charge in [-0.2, -0.15) is 5.10 Å². The van der Waals surface area contributed by atoms with E-state index < -0.39 is 0 Å². The van der Waals surface area contributed by atoms with E-state index in [4.69, 9.17) is 0 Å². The number of piperazine rings is 1. The van der Waals surface area contributed by atoms with E-state index in [-0.39, 0.29) is 5.91 Å². The number of guanidine groups is 1. The van der Waals surface area contributed by atoms with Gasteiger partial charge in [0.05, 0.1) is 11.9 Å². The minimum atomic E-state index is 0.0758. The van der Waals surface area contributed by atoms with E-state index in [0.717, 1.165) is 37.6 Å². The third kappa shape index (κ3) is 4.97. The Balaban J connectivity index is 1.85. The number of hydrogen-bond donors (Lipinski definition) is 1. The number of hydrogen-bond acceptors (Lipinski definition) is 3. The van der Waals surface area contributed by atoms with Crippen LogP contribution in [-0.4, -0.2) is 59.8 Å². The summed E-state index contributed by atoms with van der Waals surface area (Å²) >= 11 is 0. The number of anilines is 1. The van der Waals surface area contributed by atoms with E-state index >= 15 is 0 Å². The highest BCUT2D eigenvalue weighted by Crippen LogP contribution is 2.20. The molecule has 2 rings (SSSR count). The first kappa shape index (κ1) is 18.3. The molecule has 0 radical (unpaired) electrons. The van der Waals surface area contributed by atoms with Crippen molar-refractivity contribution in [1.82, 2.24) is 20.0 Å². The van der Waals surface area contributed by atoms with Gasteiger partial charge >= 0.3 is 0 Å². The van der Waals surface area contributed by atoms with Crippen LogP contribution in [0.4, 0.5) is 5.69 Å². The molecule has 134 valence electrons. The van der Waals surface area contributed by atoms with Crippen molar-refractivity contribution in [2.24, 2.45) is 17.5 Å². The predicted molar refractivity (Wildman–Crippen MR) is 97.2 cm³/mol. The highest BCUT2D eigenvalue weighted by molar-refractivity contribution is 5.98. The van der Waals surface area contributed by atoms with Crippen molar-refractivity contribution in [1.29, 1.82) is 0 Å². The number of aryl methyl sites for hydroxylation is 1. The van der Waals surface area contributed by atoms with Gasteiger partial charge in [0.15, 0.2) is 5.96 Å². The van der Waals surface area contributed by atoms with Crippen molar-refractivity contribution in [3.05, 3.63) is 12.4 Å². The van der Waals surface area contributed by atoms with Gasteiger partial charge < -0.3 is 15.1 Å². The zero-order chi connectivity index (χ0) is 17.7. The Bertz CT molecular complexity index is 586. The molecular weight excluding hydrogens is 304 g/mol. The standard InChI is InChI=1S/C17H30N6O/c1-17(2,3)7-6-8-19-16(18-4)22-9-10-23(15(24)13-22)14-11-20-21(5)12-14/h11-12H,6-10,13H2,1-5H3,(H,18,19). The molecule has 0 saturated carbocycles. The monoisotopic (exact) mass is 334 g/mol. The van der Waals surface area contributed by atoms with Crippen LogP contribution in [0.5, 0.6) is 0 Å². The quantitative estimate of drug-likeness (QED) is 0.514. The molecule has 0 spiro atoms. The number of aliphatic imine (C=N–C) groups is 1. The molecule has 1 aromatic heterocycles. The van der Waals surface area contributed by atoms with Gasteiger partial charge in [0.25, 0.3) is 0 Å². The number of carbonyl (C=O) groups excluding carboxylic acids is 1. The summed E-state index contributed by atoms with van der Waals surface area (Å²) < 4.78 is 1.71. The molecule has 7 nitrogen and oxygen atoms in total. The van der Waals surface area contributed by atoms with Gasteiger partial charge in [-0.15, -0.1) is 0 Å². The van der Waals surface area contributed by atoms with Crippen molar-refractivity contribution in [3.8, 4) is 0 Å². The summed E-state index contributed by atoms with van der Waals surface area (Å²) in [5.41, 5.74) is 1.20. The van der Waals surface area contributed by atoms with Crippen molar-refractivity contribution in [3.63, 3.8) is 0 Å². The van der Waals surface area contributed by atoms with Crippen LogP contribution < -0.4 is 10.2 Å². The highest BCUT2D eigenvalue weighted by atomic mass is 16.2. The van der Waals surface area contributed by atoms with Gasteiger partial charge in [0.1, 0.15) is 6.54 Å². The van der Waals surface area contributed by atoms with Gasteiger partial charge in [-0.3, -0.25) is 14.5 Å². The van der Waals surface area contributed by atoms with Crippen LogP contribution in [0.3, 0.4) is 0 Å². The van der Waals surface area contributed by atoms with Crippen LogP contribution in [0.1, 0.15) is 33.6 Å². The molecular formula is C17H30N6O. The lowest BCUT2D eigenvalue weighted by molar-refractivity contribution is -0.120. The third-order valence-corrected chi connectivity index (χ3v) is 4.12. The summed E-state index contributed by atoms with van der Waals surface area (Å²) in [5, 5.41) is 7.52. The summed E-state index contributed by atoms with van der Waals surface area (Å²) in [4.78, 5) is 20.6. The normalized spacial score (nSPS) is 16.7. The van der Waals surface area contributed by atoms with Crippen LogP contribution in [-0.2, 0) is 11.8 Å². The maximum absolute atomic E-state index is 12.5. The molecule has 1 aliphatic heterocycles. The first-order chi connectivity index (χ1) is 11.3. The molecule has 1 fully saturated rings. The van der Waals surface area contributed by atoms with Crippen molar-refractivity contribution < 1.29 is 4.79 Å². The molecule has 0 atom stereocenters. The predicted octanol–water partition coefficient (Wildman–Crippen LogP) is 1.47. The van der Waals surface area contributed by atoms with Crippen LogP contribution >= 0.6 is 0 Å². The number of nitrogens with one attached hydrogen (secondary N) is 1. The Morgan fingerprint density at radius 2 is 2.12 bits per heavy atom. The molecule has 1 aromatic rings. The molecule has 0 aromatic carbocycles. The fourth-order valence-corrected chi connectivity index (χ4v) is 2.83. The lowest BCUT2D eigenvalue weighted by Gasteiger charge is -2.35.